The van der Waals surface area contributed by atoms with Gasteiger partial charge in [-0.15, -0.1) is 0 Å². The van der Waals surface area contributed by atoms with E-state index in [9.17, 15) is 9.59 Å². The van der Waals surface area contributed by atoms with E-state index < -0.39 is 12.6 Å². The number of aromatic nitrogens is 2. The molecule has 1 saturated carbocycles. The van der Waals surface area contributed by atoms with Gasteiger partial charge in [-0.25, -0.2) is 9.78 Å². The molecule has 3 atom stereocenters. The molecule has 1 N–H and O–H groups in total. The van der Waals surface area contributed by atoms with Crippen molar-refractivity contribution in [1.82, 2.24) is 14.5 Å². The van der Waals surface area contributed by atoms with Crippen LogP contribution in [-0.2, 0) is 9.63 Å². The Morgan fingerprint density at radius 2 is 1.61 bits per heavy atom. The summed E-state index contributed by atoms with van der Waals surface area (Å²) in [5.41, 5.74) is 1.95. The third-order valence-corrected chi connectivity index (χ3v) is 8.40. The van der Waals surface area contributed by atoms with Crippen molar-refractivity contribution < 1.29 is 14.7 Å². The zero-order valence-electron chi connectivity index (χ0n) is 21.3. The highest BCUT2D eigenvalue weighted by Gasteiger charge is 2.44. The zero-order valence-corrected chi connectivity index (χ0v) is 21.3. The van der Waals surface area contributed by atoms with Crippen LogP contribution < -0.4 is 5.56 Å². The predicted molar refractivity (Wildman–Crippen MR) is 139 cm³/mol. The molecule has 1 aliphatic carbocycles. The first-order chi connectivity index (χ1) is 17.5. The number of fused-ring (bicyclic) bond motifs is 3. The Labute approximate surface area is 212 Å². The summed E-state index contributed by atoms with van der Waals surface area (Å²) in [5, 5.41) is 12.7. The molecule has 3 fully saturated rings. The van der Waals surface area contributed by atoms with E-state index in [0.29, 0.717) is 23.8 Å². The van der Waals surface area contributed by atoms with Gasteiger partial charge in [-0.1, -0.05) is 55.8 Å². The Hall–Kier alpha value is -2.74. The van der Waals surface area contributed by atoms with Crippen LogP contribution in [0.1, 0.15) is 95.7 Å². The van der Waals surface area contributed by atoms with Crippen LogP contribution in [-0.4, -0.2) is 56.0 Å². The Morgan fingerprint density at radius 3 is 2.28 bits per heavy atom. The van der Waals surface area contributed by atoms with Gasteiger partial charge in [0.25, 0.3) is 5.56 Å². The quantitative estimate of drug-likeness (QED) is 0.454. The lowest BCUT2D eigenvalue weighted by atomic mass is 9.91. The molecule has 8 heteroatoms. The van der Waals surface area contributed by atoms with Crippen molar-refractivity contribution in [2.24, 2.45) is 5.16 Å². The Kier molecular flexibility index (Phi) is 7.70. The maximum Gasteiger partial charge on any atom is 0.344 e. The van der Waals surface area contributed by atoms with Gasteiger partial charge in [0.2, 0.25) is 6.61 Å². The van der Waals surface area contributed by atoms with Gasteiger partial charge in [-0.3, -0.25) is 9.69 Å². The molecule has 8 nitrogen and oxygen atoms in total. The number of hydrogen-bond donors (Lipinski definition) is 1. The van der Waals surface area contributed by atoms with Crippen molar-refractivity contribution in [1.29, 1.82) is 0 Å². The van der Waals surface area contributed by atoms with Crippen LogP contribution in [0.4, 0.5) is 0 Å². The van der Waals surface area contributed by atoms with Crippen molar-refractivity contribution in [2.45, 2.75) is 108 Å². The van der Waals surface area contributed by atoms with Gasteiger partial charge < -0.3 is 14.5 Å². The zero-order chi connectivity index (χ0) is 25.1. The van der Waals surface area contributed by atoms with Gasteiger partial charge >= 0.3 is 5.97 Å². The highest BCUT2D eigenvalue weighted by atomic mass is 16.6. The van der Waals surface area contributed by atoms with Gasteiger partial charge in [-0.05, 0) is 57.6 Å². The Bertz CT molecular complexity index is 1150. The van der Waals surface area contributed by atoms with Gasteiger partial charge in [0.1, 0.15) is 5.71 Å². The van der Waals surface area contributed by atoms with Crippen LogP contribution in [0.3, 0.4) is 0 Å². The largest absolute Gasteiger partial charge is 0.479 e. The van der Waals surface area contributed by atoms with E-state index in [1.54, 1.807) is 6.92 Å². The summed E-state index contributed by atoms with van der Waals surface area (Å²) < 4.78 is 1.94. The minimum absolute atomic E-state index is 0.113. The van der Waals surface area contributed by atoms with E-state index >= 15 is 0 Å². The number of carboxylic acid groups (broad SMARTS) is 1. The van der Waals surface area contributed by atoms with Crippen molar-refractivity contribution in [3.05, 3.63) is 40.3 Å². The SMILES string of the molecule is C/C(=N\OCC(=O)O)c1nc2ccccc2n([C@H]2C[C@H]3CC[C@@H](C2)N3C2CCCCCCCC2)c1=O. The van der Waals surface area contributed by atoms with E-state index in [-0.39, 0.29) is 17.3 Å². The van der Waals surface area contributed by atoms with Gasteiger partial charge in [0.05, 0.1) is 11.0 Å². The molecule has 2 bridgehead atoms. The molecule has 0 unspecified atom stereocenters. The minimum Gasteiger partial charge on any atom is -0.479 e. The topological polar surface area (TPSA) is 97.0 Å². The van der Waals surface area contributed by atoms with Crippen molar-refractivity contribution >= 4 is 22.7 Å². The van der Waals surface area contributed by atoms with E-state index in [1.807, 2.05) is 28.8 Å². The molecule has 2 saturated heterocycles. The fraction of sp³-hybridized carbons (Fsp3) is 0.643. The van der Waals surface area contributed by atoms with Gasteiger partial charge in [0.15, 0.2) is 5.69 Å². The first-order valence-electron chi connectivity index (χ1n) is 13.7. The van der Waals surface area contributed by atoms with E-state index in [2.05, 4.69) is 15.0 Å². The summed E-state index contributed by atoms with van der Waals surface area (Å²) in [4.78, 5) is 37.0. The first kappa shape index (κ1) is 24.9. The summed E-state index contributed by atoms with van der Waals surface area (Å²) in [6, 6.07) is 9.62. The molecule has 0 radical (unpaired) electrons. The maximum atomic E-state index is 13.8. The number of benzene rings is 1. The van der Waals surface area contributed by atoms with Crippen LogP contribution in [0.5, 0.6) is 0 Å². The molecule has 0 spiro atoms. The fourth-order valence-corrected chi connectivity index (χ4v) is 6.88. The summed E-state index contributed by atoms with van der Waals surface area (Å²) in [6.45, 7) is 1.09. The summed E-state index contributed by atoms with van der Waals surface area (Å²) in [6.07, 6.45) is 15.2. The van der Waals surface area contributed by atoms with E-state index in [1.165, 1.54) is 64.2 Å². The molecule has 3 heterocycles. The van der Waals surface area contributed by atoms with Crippen LogP contribution in [0, 0.1) is 0 Å². The highest BCUT2D eigenvalue weighted by molar-refractivity contribution is 5.97. The number of carboxylic acids is 1. The number of aliphatic carboxylic acids is 1. The number of carbonyl (C=O) groups is 1. The molecule has 1 aromatic heterocycles. The summed E-state index contributed by atoms with van der Waals surface area (Å²) in [5.74, 6) is -1.11. The fourth-order valence-electron chi connectivity index (χ4n) is 6.88. The molecular weight excluding hydrogens is 456 g/mol. The second-order valence-electron chi connectivity index (χ2n) is 10.8. The lowest BCUT2D eigenvalue weighted by molar-refractivity contribution is -0.142. The van der Waals surface area contributed by atoms with Crippen LogP contribution in [0.15, 0.2) is 34.2 Å². The molecule has 2 aromatic rings. The molecule has 0 amide bonds. The second kappa shape index (κ2) is 11.1. The predicted octanol–water partition coefficient (Wildman–Crippen LogP) is 4.89. The number of piperidine rings is 1. The Morgan fingerprint density at radius 1 is 0.972 bits per heavy atom. The second-order valence-corrected chi connectivity index (χ2v) is 10.8. The van der Waals surface area contributed by atoms with Crippen LogP contribution in [0.25, 0.3) is 11.0 Å². The average Bonchev–Trinajstić information content (AvgIpc) is 3.20. The van der Waals surface area contributed by atoms with Crippen molar-refractivity contribution in [2.75, 3.05) is 6.61 Å². The molecular formula is C28H38N4O4. The van der Waals surface area contributed by atoms with Crippen molar-refractivity contribution in [3.8, 4) is 0 Å². The lowest BCUT2D eigenvalue weighted by Crippen LogP contribution is -2.50. The average molecular weight is 495 g/mol. The number of hydrogen-bond acceptors (Lipinski definition) is 6. The lowest BCUT2D eigenvalue weighted by Gasteiger charge is -2.44. The highest BCUT2D eigenvalue weighted by Crippen LogP contribution is 2.44. The third kappa shape index (κ3) is 5.19. The van der Waals surface area contributed by atoms with Gasteiger partial charge in [-0.2, -0.15) is 0 Å². The minimum atomic E-state index is -1.11. The van der Waals surface area contributed by atoms with Gasteiger partial charge in [0, 0.05) is 24.2 Å². The molecule has 1 aromatic carbocycles. The molecule has 5 rings (SSSR count). The number of rotatable bonds is 6. The van der Waals surface area contributed by atoms with Crippen LogP contribution >= 0.6 is 0 Å². The number of para-hydroxylation sites is 2. The number of oxime groups is 1. The standard InChI is InChI=1S/C28H38N4O4/c1-19(30-36-18-26(33)34)27-28(35)32(25-13-9-8-12-24(25)29-27)23-16-21-14-15-22(17-23)31(21)20-10-6-4-2-3-5-7-11-20/h8-9,12-13,20-23H,2-7,10-11,14-18H2,1H3,(H,33,34)/b30-19+/t21-,22+,23+. The monoisotopic (exact) mass is 494 g/mol. The first-order valence-corrected chi connectivity index (χ1v) is 13.7. The number of nitrogens with zero attached hydrogens (tertiary/aromatic N) is 4. The summed E-state index contributed by atoms with van der Waals surface area (Å²) in [7, 11) is 0. The van der Waals surface area contributed by atoms with E-state index in [0.717, 1.165) is 23.9 Å². The Balaban J connectivity index is 1.44. The molecule has 36 heavy (non-hydrogen) atoms. The van der Waals surface area contributed by atoms with E-state index in [4.69, 9.17) is 9.94 Å². The molecule has 3 aliphatic rings. The normalized spacial score (nSPS) is 26.4. The summed E-state index contributed by atoms with van der Waals surface area (Å²) >= 11 is 0. The molecule has 2 aliphatic heterocycles. The third-order valence-electron chi connectivity index (χ3n) is 8.40. The van der Waals surface area contributed by atoms with Crippen molar-refractivity contribution in [3.63, 3.8) is 0 Å². The maximum absolute atomic E-state index is 13.8. The molecule has 194 valence electrons. The van der Waals surface area contributed by atoms with Crippen LogP contribution in [0.2, 0.25) is 0 Å². The smallest absolute Gasteiger partial charge is 0.344 e.